The van der Waals surface area contributed by atoms with Crippen LogP contribution in [0.2, 0.25) is 0 Å². The van der Waals surface area contributed by atoms with Crippen molar-refractivity contribution in [2.45, 2.75) is 24.4 Å². The maximum atomic E-state index is 13.0. The summed E-state index contributed by atoms with van der Waals surface area (Å²) in [4.78, 5) is 70.4. The number of aliphatic carboxylic acids is 2. The molecule has 2 aliphatic rings. The number of rotatable bonds is 10. The van der Waals surface area contributed by atoms with Gasteiger partial charge in [0.15, 0.2) is 24.1 Å². The maximum Gasteiger partial charge on any atom is 0.308 e. The number of β-lactam (4-membered cyclic amide) rings is 1. The highest BCUT2D eigenvalue weighted by Crippen LogP contribution is 2.40. The van der Waals surface area contributed by atoms with E-state index in [9.17, 15) is 29.1 Å². The Labute approximate surface area is 227 Å². The van der Waals surface area contributed by atoms with Gasteiger partial charge in [-0.3, -0.25) is 24.1 Å². The normalized spacial score (nSPS) is 18.7. The fraction of sp³-hybridized carbons (Fsp3) is 0.286. The van der Waals surface area contributed by atoms with Gasteiger partial charge in [0, 0.05) is 34.5 Å². The van der Waals surface area contributed by atoms with Crippen molar-refractivity contribution >= 4 is 63.8 Å². The molecule has 39 heavy (non-hydrogen) atoms. The van der Waals surface area contributed by atoms with Crippen LogP contribution in [0.4, 0.5) is 5.13 Å². The zero-order chi connectivity index (χ0) is 28.4. The van der Waals surface area contributed by atoms with Crippen LogP contribution in [0.15, 0.2) is 34.9 Å². The third-order valence-corrected chi connectivity index (χ3v) is 7.54. The minimum atomic E-state index is -1.60. The van der Waals surface area contributed by atoms with E-state index in [1.807, 2.05) is 0 Å². The van der Waals surface area contributed by atoms with E-state index in [4.69, 9.17) is 16.6 Å². The summed E-state index contributed by atoms with van der Waals surface area (Å²) in [6.07, 6.45) is 2.34. The van der Waals surface area contributed by atoms with Crippen molar-refractivity contribution in [2.24, 2.45) is 10.9 Å². The zero-order valence-electron chi connectivity index (χ0n) is 20.0. The predicted octanol–water partition coefficient (Wildman–Crippen LogP) is -3.41. The first-order valence-electron chi connectivity index (χ1n) is 10.9. The number of carboxylic acid groups (broad SMARTS) is 2. The average Bonchev–Trinajstić information content (AvgIpc) is 3.30. The number of carbonyl (C=O) groups is 5. The zero-order valence-corrected chi connectivity index (χ0v) is 21.7. The molecule has 18 heteroatoms. The van der Waals surface area contributed by atoms with Gasteiger partial charge >= 0.3 is 5.97 Å². The number of nitrogens with one attached hydrogen (secondary N) is 1. The van der Waals surface area contributed by atoms with Gasteiger partial charge in [-0.15, -0.1) is 11.8 Å². The third kappa shape index (κ3) is 5.50. The van der Waals surface area contributed by atoms with Crippen LogP contribution in [-0.2, 0) is 37.0 Å². The second-order valence-electron chi connectivity index (χ2n) is 8.17. The topological polar surface area (TPSA) is 247 Å². The van der Waals surface area contributed by atoms with Crippen molar-refractivity contribution in [3.05, 3.63) is 46.7 Å². The van der Waals surface area contributed by atoms with E-state index < -0.39 is 47.5 Å². The number of anilines is 1. The molecule has 0 aliphatic carbocycles. The standard InChI is InChI=1S/C21H20N8O8S2/c1-37-26-12(16-25-21(23)39-27-16)17(33)24-13-18(34)29-14(20(35)36)9(7-38-19(13)29)6-28-3-2-10(15(22)32)8(5-28)4-11(30)31/h2-3,5,13,19H,4,6-7H2,1H3,(H6-,22,23,24,25,27,30,31,32,33,35,36)/b26-12-/t13-,19+/m1/s1. The number of pyridine rings is 1. The van der Waals surface area contributed by atoms with Crippen LogP contribution in [0.1, 0.15) is 21.7 Å². The molecule has 6 N–H and O–H groups in total. The molecule has 3 amide bonds. The van der Waals surface area contributed by atoms with Gasteiger partial charge in [-0.25, -0.2) is 4.57 Å². The lowest BCUT2D eigenvalue weighted by Gasteiger charge is -2.50. The number of fused-ring (bicyclic) bond motifs is 1. The summed E-state index contributed by atoms with van der Waals surface area (Å²) in [7, 11) is 1.21. The summed E-state index contributed by atoms with van der Waals surface area (Å²) in [5.41, 5.74) is 10.7. The molecule has 0 radical (unpaired) electrons. The van der Waals surface area contributed by atoms with Gasteiger partial charge in [0.2, 0.25) is 17.4 Å². The molecule has 4 rings (SSSR count). The van der Waals surface area contributed by atoms with E-state index in [2.05, 4.69) is 24.7 Å². The van der Waals surface area contributed by atoms with Crippen LogP contribution in [0.3, 0.4) is 0 Å². The third-order valence-electron chi connectivity index (χ3n) is 5.66. The fourth-order valence-electron chi connectivity index (χ4n) is 4.06. The summed E-state index contributed by atoms with van der Waals surface area (Å²) in [6, 6.07) is 0.254. The largest absolute Gasteiger partial charge is 0.543 e. The van der Waals surface area contributed by atoms with Crippen molar-refractivity contribution in [1.82, 2.24) is 19.6 Å². The first-order valence-corrected chi connectivity index (χ1v) is 12.8. The average molecular weight is 577 g/mol. The molecule has 0 bridgehead atoms. The van der Waals surface area contributed by atoms with E-state index in [-0.39, 0.29) is 45.8 Å². The number of nitrogen functional groups attached to an aromatic ring is 1. The fourth-order valence-corrected chi connectivity index (χ4v) is 5.83. The number of nitrogens with zero attached hydrogens (tertiary/aromatic N) is 5. The van der Waals surface area contributed by atoms with Crippen LogP contribution < -0.4 is 26.5 Å². The van der Waals surface area contributed by atoms with Gasteiger partial charge in [0.25, 0.3) is 11.8 Å². The first-order chi connectivity index (χ1) is 18.5. The molecular weight excluding hydrogens is 556 g/mol. The lowest BCUT2D eigenvalue weighted by Crippen LogP contribution is -2.71. The van der Waals surface area contributed by atoms with Gasteiger partial charge in [-0.05, 0) is 0 Å². The molecule has 4 heterocycles. The number of carbonyl (C=O) groups excluding carboxylic acids is 4. The molecule has 2 atom stereocenters. The van der Waals surface area contributed by atoms with Gasteiger partial charge in [-0.2, -0.15) is 9.36 Å². The van der Waals surface area contributed by atoms with Gasteiger partial charge < -0.3 is 36.6 Å². The molecule has 16 nitrogen and oxygen atoms in total. The SMILES string of the molecule is CO/N=C(\C(=O)N[C@@H]1C(=O)N2C(C(=O)[O-])=C(C[n+]3ccc(C(N)=O)c(CC(=O)O)c3)CS[C@@H]12)c1nsc(N)n1. The Morgan fingerprint density at radius 3 is 2.72 bits per heavy atom. The molecule has 2 aliphatic heterocycles. The van der Waals surface area contributed by atoms with Crippen molar-refractivity contribution in [3.63, 3.8) is 0 Å². The van der Waals surface area contributed by atoms with E-state index in [0.717, 1.165) is 16.4 Å². The van der Waals surface area contributed by atoms with E-state index in [1.54, 1.807) is 0 Å². The van der Waals surface area contributed by atoms with Gasteiger partial charge in [0.1, 0.15) is 18.5 Å². The van der Waals surface area contributed by atoms with Crippen LogP contribution in [-0.4, -0.2) is 79.0 Å². The second-order valence-corrected chi connectivity index (χ2v) is 10.1. The first kappa shape index (κ1) is 27.5. The summed E-state index contributed by atoms with van der Waals surface area (Å²) < 4.78 is 5.39. The Bertz CT molecular complexity index is 1460. The van der Waals surface area contributed by atoms with Gasteiger partial charge in [-0.1, -0.05) is 5.16 Å². The Hall–Kier alpha value is -4.58. The minimum absolute atomic E-state index is 0.0178. The number of aromatic nitrogens is 3. The van der Waals surface area contributed by atoms with Crippen molar-refractivity contribution in [3.8, 4) is 0 Å². The smallest absolute Gasteiger partial charge is 0.308 e. The quantitative estimate of drug-likeness (QED) is 0.0935. The maximum absolute atomic E-state index is 13.0. The number of carboxylic acids is 2. The monoisotopic (exact) mass is 576 g/mol. The molecule has 0 spiro atoms. The van der Waals surface area contributed by atoms with Crippen molar-refractivity contribution in [2.75, 3.05) is 18.6 Å². The summed E-state index contributed by atoms with van der Waals surface area (Å²) in [5, 5.41) is 26.7. The molecule has 0 saturated carbocycles. The molecule has 1 fully saturated rings. The Kier molecular flexibility index (Phi) is 7.77. The summed E-state index contributed by atoms with van der Waals surface area (Å²) >= 11 is 2.03. The number of oxime groups is 1. The molecule has 204 valence electrons. The number of nitrogens with two attached hydrogens (primary N) is 2. The lowest BCUT2D eigenvalue weighted by molar-refractivity contribution is -0.689. The molecule has 0 unspecified atom stereocenters. The van der Waals surface area contributed by atoms with E-state index in [0.29, 0.717) is 5.57 Å². The van der Waals surface area contributed by atoms with Crippen LogP contribution in [0.5, 0.6) is 0 Å². The molecule has 2 aromatic heterocycles. The Morgan fingerprint density at radius 1 is 1.38 bits per heavy atom. The highest BCUT2D eigenvalue weighted by Gasteiger charge is 2.53. The Balaban J connectivity index is 1.56. The molecule has 0 aromatic carbocycles. The van der Waals surface area contributed by atoms with E-state index >= 15 is 0 Å². The van der Waals surface area contributed by atoms with E-state index in [1.165, 1.54) is 41.9 Å². The number of hydrogen-bond donors (Lipinski definition) is 4. The molecule has 2 aromatic rings. The second kappa shape index (κ2) is 11.0. The predicted molar refractivity (Wildman–Crippen MR) is 131 cm³/mol. The lowest BCUT2D eigenvalue weighted by atomic mass is 10.0. The summed E-state index contributed by atoms with van der Waals surface area (Å²) in [6.45, 7) is -0.0446. The highest BCUT2D eigenvalue weighted by atomic mass is 32.2. The minimum Gasteiger partial charge on any atom is -0.543 e. The van der Waals surface area contributed by atoms with Crippen LogP contribution in [0.25, 0.3) is 0 Å². The highest BCUT2D eigenvalue weighted by molar-refractivity contribution is 8.00. The number of hydrogen-bond acceptors (Lipinski definition) is 13. The van der Waals surface area contributed by atoms with Crippen molar-refractivity contribution < 1.29 is 43.6 Å². The van der Waals surface area contributed by atoms with Crippen molar-refractivity contribution in [1.29, 1.82) is 0 Å². The van der Waals surface area contributed by atoms with Gasteiger partial charge in [0.05, 0.1) is 23.7 Å². The van der Waals surface area contributed by atoms with Crippen LogP contribution in [0, 0.1) is 0 Å². The Morgan fingerprint density at radius 2 is 2.13 bits per heavy atom. The number of primary amides is 1. The molecule has 1 saturated heterocycles. The van der Waals surface area contributed by atoms with Crippen LogP contribution >= 0.6 is 23.3 Å². The molecular formula is C21H20N8O8S2. The summed E-state index contributed by atoms with van der Waals surface area (Å²) in [5.74, 6) is -5.07. The number of thioether (sulfide) groups is 1. The number of amides is 3.